The minimum atomic E-state index is 1.13. The summed E-state index contributed by atoms with van der Waals surface area (Å²) >= 11 is 1.87. The van der Waals surface area contributed by atoms with Crippen LogP contribution in [0.4, 0.5) is 17.1 Å². The van der Waals surface area contributed by atoms with E-state index in [4.69, 9.17) is 0 Å². The van der Waals surface area contributed by atoms with Gasteiger partial charge in [-0.3, -0.25) is 0 Å². The Labute approximate surface area is 294 Å². The molecule has 0 aliphatic heterocycles. The molecule has 0 fully saturated rings. The van der Waals surface area contributed by atoms with E-state index in [-0.39, 0.29) is 0 Å². The van der Waals surface area contributed by atoms with Gasteiger partial charge in [0.1, 0.15) is 0 Å². The van der Waals surface area contributed by atoms with Crippen LogP contribution in [0.1, 0.15) is 0 Å². The van der Waals surface area contributed by atoms with Crippen molar-refractivity contribution < 1.29 is 0 Å². The van der Waals surface area contributed by atoms with Crippen LogP contribution in [0.3, 0.4) is 0 Å². The largest absolute Gasteiger partial charge is 0.308 e. The van der Waals surface area contributed by atoms with E-state index < -0.39 is 0 Å². The Kier molecular flexibility index (Phi) is 6.75. The minimum Gasteiger partial charge on any atom is -0.308 e. The smallest absolute Gasteiger partial charge is 0.0640 e. The molecule has 0 spiro atoms. The summed E-state index contributed by atoms with van der Waals surface area (Å²) in [6.07, 6.45) is 0. The van der Waals surface area contributed by atoms with Crippen LogP contribution >= 0.6 is 11.3 Å². The first-order valence-electron chi connectivity index (χ1n) is 17.1. The topological polar surface area (TPSA) is 3.24 Å². The lowest BCUT2D eigenvalue weighted by Gasteiger charge is -2.28. The zero-order valence-electron chi connectivity index (χ0n) is 27.3. The summed E-state index contributed by atoms with van der Waals surface area (Å²) in [6.45, 7) is 0. The maximum absolute atomic E-state index is 2.47. The molecule has 0 atom stereocenters. The highest BCUT2D eigenvalue weighted by molar-refractivity contribution is 7.26. The summed E-state index contributed by atoms with van der Waals surface area (Å²) in [5.41, 5.74) is 8.39. The SMILES string of the molecule is c1ccc(-c2ccc(N(c3ccc(-c4cc5ccccc5c5ccccc45)cc3)c3cccc4c3sc3ccccc34)c3ccccc23)cc1. The van der Waals surface area contributed by atoms with Crippen LogP contribution in [-0.2, 0) is 0 Å². The Morgan fingerprint density at radius 2 is 0.940 bits per heavy atom. The fourth-order valence-corrected chi connectivity index (χ4v) is 8.95. The number of thiophene rings is 1. The quantitative estimate of drug-likeness (QED) is 0.167. The van der Waals surface area contributed by atoms with Crippen LogP contribution < -0.4 is 4.90 Å². The van der Waals surface area contributed by atoms with Crippen LogP contribution in [0.5, 0.6) is 0 Å². The van der Waals surface area contributed by atoms with Gasteiger partial charge in [0.05, 0.1) is 16.1 Å². The molecular weight excluding hydrogens is 623 g/mol. The van der Waals surface area contributed by atoms with Crippen LogP contribution in [-0.4, -0.2) is 0 Å². The molecule has 0 N–H and O–H groups in total. The van der Waals surface area contributed by atoms with E-state index in [9.17, 15) is 0 Å². The van der Waals surface area contributed by atoms with Gasteiger partial charge in [0.2, 0.25) is 0 Å². The van der Waals surface area contributed by atoms with Crippen LogP contribution in [0.15, 0.2) is 188 Å². The number of hydrogen-bond acceptors (Lipinski definition) is 2. The molecule has 0 amide bonds. The molecule has 0 aliphatic rings. The van der Waals surface area contributed by atoms with Crippen LogP contribution in [0.2, 0.25) is 0 Å². The van der Waals surface area contributed by atoms with Crippen molar-refractivity contribution in [2.24, 2.45) is 0 Å². The lowest BCUT2D eigenvalue weighted by molar-refractivity contribution is 1.32. The van der Waals surface area contributed by atoms with Gasteiger partial charge in [0.25, 0.3) is 0 Å². The van der Waals surface area contributed by atoms with Gasteiger partial charge in [-0.25, -0.2) is 0 Å². The summed E-state index contributed by atoms with van der Waals surface area (Å²) in [6, 6.07) is 68.7. The van der Waals surface area contributed by atoms with Gasteiger partial charge in [0.15, 0.2) is 0 Å². The zero-order valence-corrected chi connectivity index (χ0v) is 28.1. The number of rotatable bonds is 5. The molecular formula is C48H31NS. The van der Waals surface area contributed by atoms with Crippen LogP contribution in [0, 0.1) is 0 Å². The normalized spacial score (nSPS) is 11.6. The second-order valence-corrected chi connectivity index (χ2v) is 13.9. The molecule has 0 saturated heterocycles. The van der Waals surface area contributed by atoms with Crippen molar-refractivity contribution in [2.75, 3.05) is 4.90 Å². The predicted molar refractivity (Wildman–Crippen MR) is 217 cm³/mol. The van der Waals surface area contributed by atoms with E-state index in [0.29, 0.717) is 0 Å². The second kappa shape index (κ2) is 11.7. The van der Waals surface area contributed by atoms with Crippen molar-refractivity contribution in [1.29, 1.82) is 0 Å². The fraction of sp³-hybridized carbons (Fsp3) is 0. The standard InChI is InChI=1S/C48H31NS/c1-2-13-32(14-3-1)37-29-30-45(41-20-9-8-18-39(37)41)49(46-23-12-22-43-42-21-10-11-24-47(42)50-48(43)46)35-27-25-33(26-28-35)44-31-34-15-4-5-16-36(34)38-17-6-7-19-40(38)44/h1-31H. The summed E-state index contributed by atoms with van der Waals surface area (Å²) in [7, 11) is 0. The van der Waals surface area contributed by atoms with E-state index in [2.05, 4.69) is 193 Å². The molecule has 1 heterocycles. The molecule has 234 valence electrons. The van der Waals surface area contributed by atoms with E-state index in [1.165, 1.54) is 80.4 Å². The first-order valence-corrected chi connectivity index (χ1v) is 17.9. The van der Waals surface area contributed by atoms with Crippen molar-refractivity contribution in [3.8, 4) is 22.3 Å². The van der Waals surface area contributed by atoms with Gasteiger partial charge in [-0.1, -0.05) is 152 Å². The number of nitrogens with zero attached hydrogens (tertiary/aromatic N) is 1. The predicted octanol–water partition coefficient (Wildman–Crippen LogP) is 14.3. The minimum absolute atomic E-state index is 1.13. The molecule has 9 aromatic carbocycles. The highest BCUT2D eigenvalue weighted by Crippen LogP contribution is 2.48. The molecule has 1 nitrogen and oxygen atoms in total. The average molecular weight is 654 g/mol. The first kappa shape index (κ1) is 28.8. The Morgan fingerprint density at radius 3 is 1.74 bits per heavy atom. The van der Waals surface area contributed by atoms with Crippen LogP contribution in [0.25, 0.3) is 74.7 Å². The molecule has 10 aromatic rings. The second-order valence-electron chi connectivity index (χ2n) is 12.9. The monoisotopic (exact) mass is 653 g/mol. The van der Waals surface area contributed by atoms with Crippen molar-refractivity contribution in [3.05, 3.63) is 188 Å². The van der Waals surface area contributed by atoms with Gasteiger partial charge in [-0.05, 0) is 85.6 Å². The van der Waals surface area contributed by atoms with E-state index in [0.717, 1.165) is 11.4 Å². The van der Waals surface area contributed by atoms with Crippen molar-refractivity contribution >= 4 is 80.9 Å². The number of benzene rings is 9. The van der Waals surface area contributed by atoms with Gasteiger partial charge in [-0.15, -0.1) is 11.3 Å². The Balaban J connectivity index is 1.20. The maximum atomic E-state index is 2.47. The van der Waals surface area contributed by atoms with E-state index >= 15 is 0 Å². The highest BCUT2D eigenvalue weighted by atomic mass is 32.1. The molecule has 0 aliphatic carbocycles. The Hall–Kier alpha value is -6.22. The summed E-state index contributed by atoms with van der Waals surface area (Å²) in [4.78, 5) is 2.47. The van der Waals surface area contributed by atoms with Gasteiger partial charge < -0.3 is 4.90 Å². The van der Waals surface area contributed by atoms with Crippen molar-refractivity contribution in [3.63, 3.8) is 0 Å². The first-order chi connectivity index (χ1) is 24.8. The molecule has 1 aromatic heterocycles. The average Bonchev–Trinajstić information content (AvgIpc) is 3.58. The van der Waals surface area contributed by atoms with E-state index in [1.54, 1.807) is 0 Å². The molecule has 50 heavy (non-hydrogen) atoms. The lowest BCUT2D eigenvalue weighted by atomic mass is 9.93. The highest BCUT2D eigenvalue weighted by Gasteiger charge is 2.21. The van der Waals surface area contributed by atoms with Gasteiger partial charge in [-0.2, -0.15) is 0 Å². The third kappa shape index (κ3) is 4.61. The lowest BCUT2D eigenvalue weighted by Crippen LogP contribution is -2.10. The van der Waals surface area contributed by atoms with Gasteiger partial charge in [0, 0.05) is 26.5 Å². The number of anilines is 3. The van der Waals surface area contributed by atoms with Gasteiger partial charge >= 0.3 is 0 Å². The molecule has 0 saturated carbocycles. The molecule has 2 heteroatoms. The third-order valence-electron chi connectivity index (χ3n) is 10.1. The maximum Gasteiger partial charge on any atom is 0.0640 e. The molecule has 10 rings (SSSR count). The van der Waals surface area contributed by atoms with E-state index in [1.807, 2.05) is 11.3 Å². The Bertz CT molecular complexity index is 2870. The third-order valence-corrected chi connectivity index (χ3v) is 11.3. The van der Waals surface area contributed by atoms with Crippen molar-refractivity contribution in [1.82, 2.24) is 0 Å². The summed E-state index contributed by atoms with van der Waals surface area (Å²) in [5.74, 6) is 0. The fourth-order valence-electron chi connectivity index (χ4n) is 7.75. The Morgan fingerprint density at radius 1 is 0.340 bits per heavy atom. The summed E-state index contributed by atoms with van der Waals surface area (Å²) in [5, 5.41) is 10.2. The molecule has 0 radical (unpaired) electrons. The number of hydrogen-bond donors (Lipinski definition) is 0. The van der Waals surface area contributed by atoms with Crippen molar-refractivity contribution in [2.45, 2.75) is 0 Å². The zero-order chi connectivity index (χ0) is 33.0. The molecule has 0 unspecified atom stereocenters. The number of fused-ring (bicyclic) bond motifs is 7. The molecule has 0 bridgehead atoms. The summed E-state index contributed by atoms with van der Waals surface area (Å²) < 4.78 is 2.59.